The second kappa shape index (κ2) is 8.33. The monoisotopic (exact) mass is 368 g/mol. The number of rotatable bonds is 5. The quantitative estimate of drug-likeness (QED) is 0.877. The number of phenols is 1. The molecule has 5 heteroatoms. The van der Waals surface area contributed by atoms with E-state index in [0.29, 0.717) is 32.1 Å². The van der Waals surface area contributed by atoms with Crippen molar-refractivity contribution in [1.82, 2.24) is 4.90 Å². The third kappa shape index (κ3) is 4.54. The number of nitrogens with zero attached hydrogens (tertiary/aromatic N) is 2. The van der Waals surface area contributed by atoms with E-state index in [-0.39, 0.29) is 18.3 Å². The first-order valence-corrected chi connectivity index (χ1v) is 9.49. The van der Waals surface area contributed by atoms with Gasteiger partial charge in [-0.1, -0.05) is 32.0 Å². The van der Waals surface area contributed by atoms with Crippen LogP contribution in [-0.2, 0) is 4.79 Å². The van der Waals surface area contributed by atoms with E-state index in [2.05, 4.69) is 31.7 Å². The molecule has 5 nitrogen and oxygen atoms in total. The lowest BCUT2D eigenvalue weighted by molar-refractivity contribution is -0.133. The van der Waals surface area contributed by atoms with Gasteiger partial charge in [0.15, 0.2) is 6.61 Å². The molecule has 0 spiro atoms. The summed E-state index contributed by atoms with van der Waals surface area (Å²) >= 11 is 0. The van der Waals surface area contributed by atoms with Crippen LogP contribution in [0.1, 0.15) is 30.9 Å². The smallest absolute Gasteiger partial charge is 0.260 e. The lowest BCUT2D eigenvalue weighted by Gasteiger charge is -2.36. The highest BCUT2D eigenvalue weighted by Crippen LogP contribution is 2.27. The van der Waals surface area contributed by atoms with Gasteiger partial charge in [0, 0.05) is 26.2 Å². The zero-order valence-corrected chi connectivity index (χ0v) is 16.3. The van der Waals surface area contributed by atoms with Crippen LogP contribution in [0.2, 0.25) is 0 Å². The molecule has 0 saturated carbocycles. The van der Waals surface area contributed by atoms with Crippen molar-refractivity contribution in [2.45, 2.75) is 26.7 Å². The third-order valence-corrected chi connectivity index (χ3v) is 5.08. The van der Waals surface area contributed by atoms with Crippen LogP contribution in [-0.4, -0.2) is 48.7 Å². The van der Waals surface area contributed by atoms with Crippen LogP contribution in [0.3, 0.4) is 0 Å². The SMILES string of the molecule is Cc1cc(OCC(=O)N2CCN(c3ccccc3O)CC2)ccc1C(C)C. The Bertz CT molecular complexity index is 796. The molecule has 1 fully saturated rings. The maximum Gasteiger partial charge on any atom is 0.260 e. The average Bonchev–Trinajstić information content (AvgIpc) is 2.66. The number of para-hydroxylation sites is 2. The van der Waals surface area contributed by atoms with Gasteiger partial charge in [-0.3, -0.25) is 4.79 Å². The lowest BCUT2D eigenvalue weighted by atomic mass is 9.98. The Morgan fingerprint density at radius 3 is 2.44 bits per heavy atom. The van der Waals surface area contributed by atoms with E-state index in [1.54, 1.807) is 6.07 Å². The van der Waals surface area contributed by atoms with Gasteiger partial charge in [-0.25, -0.2) is 0 Å². The number of piperazine rings is 1. The zero-order chi connectivity index (χ0) is 19.4. The van der Waals surface area contributed by atoms with Gasteiger partial charge in [-0.2, -0.15) is 0 Å². The fourth-order valence-electron chi connectivity index (χ4n) is 3.55. The molecular weight excluding hydrogens is 340 g/mol. The topological polar surface area (TPSA) is 53.0 Å². The molecule has 0 aliphatic carbocycles. The fourth-order valence-corrected chi connectivity index (χ4v) is 3.55. The van der Waals surface area contributed by atoms with Gasteiger partial charge in [0.05, 0.1) is 5.69 Å². The fraction of sp³-hybridized carbons (Fsp3) is 0.409. The van der Waals surface area contributed by atoms with E-state index in [1.165, 1.54) is 11.1 Å². The molecule has 0 radical (unpaired) electrons. The molecule has 1 aliphatic heterocycles. The summed E-state index contributed by atoms with van der Waals surface area (Å²) in [6, 6.07) is 13.3. The lowest BCUT2D eigenvalue weighted by Crippen LogP contribution is -2.50. The normalized spacial score (nSPS) is 14.5. The maximum absolute atomic E-state index is 12.5. The van der Waals surface area contributed by atoms with E-state index < -0.39 is 0 Å². The number of benzene rings is 2. The highest BCUT2D eigenvalue weighted by atomic mass is 16.5. The standard InChI is InChI=1S/C22H28N2O3/c1-16(2)19-9-8-18(14-17(19)3)27-15-22(26)24-12-10-23(11-13-24)20-6-4-5-7-21(20)25/h4-9,14,16,25H,10-13,15H2,1-3H3. The van der Waals surface area contributed by atoms with Crippen LogP contribution in [0.25, 0.3) is 0 Å². The number of phenolic OH excluding ortho intramolecular Hbond substituents is 1. The van der Waals surface area contributed by atoms with Crippen LogP contribution >= 0.6 is 0 Å². The van der Waals surface area contributed by atoms with Crippen molar-refractivity contribution in [3.8, 4) is 11.5 Å². The maximum atomic E-state index is 12.5. The summed E-state index contributed by atoms with van der Waals surface area (Å²) in [4.78, 5) is 16.4. The molecule has 27 heavy (non-hydrogen) atoms. The molecule has 1 N–H and O–H groups in total. The van der Waals surface area contributed by atoms with Gasteiger partial charge < -0.3 is 19.6 Å². The Balaban J connectivity index is 1.51. The molecule has 0 bridgehead atoms. The molecule has 2 aromatic rings. The van der Waals surface area contributed by atoms with E-state index in [0.717, 1.165) is 11.4 Å². The van der Waals surface area contributed by atoms with E-state index in [4.69, 9.17) is 4.74 Å². The summed E-state index contributed by atoms with van der Waals surface area (Å²) in [7, 11) is 0. The molecule has 0 aromatic heterocycles. The second-order valence-corrected chi connectivity index (χ2v) is 7.32. The van der Waals surface area contributed by atoms with E-state index >= 15 is 0 Å². The largest absolute Gasteiger partial charge is 0.506 e. The Kier molecular flexibility index (Phi) is 5.89. The molecule has 144 valence electrons. The van der Waals surface area contributed by atoms with Gasteiger partial charge in [0.25, 0.3) is 5.91 Å². The molecule has 1 amide bonds. The third-order valence-electron chi connectivity index (χ3n) is 5.08. The van der Waals surface area contributed by atoms with Gasteiger partial charge in [0.2, 0.25) is 0 Å². The van der Waals surface area contributed by atoms with Crippen molar-refractivity contribution >= 4 is 11.6 Å². The number of hydrogen-bond acceptors (Lipinski definition) is 4. The Morgan fingerprint density at radius 2 is 1.81 bits per heavy atom. The summed E-state index contributed by atoms with van der Waals surface area (Å²) < 4.78 is 5.72. The first-order valence-electron chi connectivity index (χ1n) is 9.49. The minimum absolute atomic E-state index is 0.00229. The van der Waals surface area contributed by atoms with Crippen molar-refractivity contribution in [2.75, 3.05) is 37.7 Å². The number of ether oxygens (including phenoxy) is 1. The van der Waals surface area contributed by atoms with Gasteiger partial charge in [0.1, 0.15) is 11.5 Å². The number of amides is 1. The predicted molar refractivity (Wildman–Crippen MR) is 108 cm³/mol. The van der Waals surface area contributed by atoms with Gasteiger partial charge in [-0.15, -0.1) is 0 Å². The predicted octanol–water partition coefficient (Wildman–Crippen LogP) is 3.55. The molecule has 1 aliphatic rings. The van der Waals surface area contributed by atoms with Gasteiger partial charge >= 0.3 is 0 Å². The Labute approximate surface area is 161 Å². The molecule has 3 rings (SSSR count). The Morgan fingerprint density at radius 1 is 1.11 bits per heavy atom. The van der Waals surface area contributed by atoms with E-state index in [1.807, 2.05) is 35.2 Å². The summed E-state index contributed by atoms with van der Waals surface area (Å²) in [5.41, 5.74) is 3.31. The molecule has 0 atom stereocenters. The number of carbonyl (C=O) groups is 1. The van der Waals surface area contributed by atoms with E-state index in [9.17, 15) is 9.90 Å². The van der Waals surface area contributed by atoms with Crippen molar-refractivity contribution < 1.29 is 14.6 Å². The number of aromatic hydroxyl groups is 1. The van der Waals surface area contributed by atoms with Crippen molar-refractivity contribution in [3.63, 3.8) is 0 Å². The summed E-state index contributed by atoms with van der Waals surface area (Å²) in [5, 5.41) is 9.98. The first-order chi connectivity index (χ1) is 13.0. The molecule has 1 heterocycles. The summed E-state index contributed by atoms with van der Waals surface area (Å²) in [6.07, 6.45) is 0. The highest BCUT2D eigenvalue weighted by Gasteiger charge is 2.22. The number of aryl methyl sites for hydroxylation is 1. The van der Waals surface area contributed by atoms with Crippen molar-refractivity contribution in [1.29, 1.82) is 0 Å². The first kappa shape index (κ1) is 19.1. The number of carbonyl (C=O) groups excluding carboxylic acids is 1. The zero-order valence-electron chi connectivity index (χ0n) is 16.3. The minimum Gasteiger partial charge on any atom is -0.506 e. The Hall–Kier alpha value is -2.69. The highest BCUT2D eigenvalue weighted by molar-refractivity contribution is 5.78. The second-order valence-electron chi connectivity index (χ2n) is 7.32. The van der Waals surface area contributed by atoms with Crippen molar-refractivity contribution in [2.24, 2.45) is 0 Å². The van der Waals surface area contributed by atoms with Crippen LogP contribution in [0.4, 0.5) is 5.69 Å². The van der Waals surface area contributed by atoms with Crippen LogP contribution in [0, 0.1) is 6.92 Å². The average molecular weight is 368 g/mol. The minimum atomic E-state index is -0.00229. The summed E-state index contributed by atoms with van der Waals surface area (Å²) in [6.45, 7) is 9.11. The molecule has 1 saturated heterocycles. The number of hydrogen-bond donors (Lipinski definition) is 1. The van der Waals surface area contributed by atoms with Gasteiger partial charge in [-0.05, 0) is 48.2 Å². The molecular formula is C22H28N2O3. The van der Waals surface area contributed by atoms with Crippen LogP contribution in [0.5, 0.6) is 11.5 Å². The number of anilines is 1. The van der Waals surface area contributed by atoms with Crippen LogP contribution in [0.15, 0.2) is 42.5 Å². The van der Waals surface area contributed by atoms with Crippen molar-refractivity contribution in [3.05, 3.63) is 53.6 Å². The van der Waals surface area contributed by atoms with Crippen LogP contribution < -0.4 is 9.64 Å². The molecule has 0 unspecified atom stereocenters. The summed E-state index contributed by atoms with van der Waals surface area (Å²) in [5.74, 6) is 1.48. The molecule has 2 aromatic carbocycles.